The summed E-state index contributed by atoms with van der Waals surface area (Å²) in [6.07, 6.45) is -1.24. The van der Waals surface area contributed by atoms with Crippen molar-refractivity contribution in [1.29, 1.82) is 0 Å². The van der Waals surface area contributed by atoms with Crippen molar-refractivity contribution in [3.63, 3.8) is 0 Å². The summed E-state index contributed by atoms with van der Waals surface area (Å²) in [6.45, 7) is 4.91. The molecule has 0 spiro atoms. The van der Waals surface area contributed by atoms with Crippen molar-refractivity contribution in [3.8, 4) is 5.75 Å². The zero-order valence-corrected chi connectivity index (χ0v) is 19.4. The molecule has 0 unspecified atom stereocenters. The van der Waals surface area contributed by atoms with Crippen molar-refractivity contribution < 1.29 is 14.9 Å². The zero-order valence-electron chi connectivity index (χ0n) is 18.7. The first-order valence-corrected chi connectivity index (χ1v) is 10.8. The number of aromatic nitrogens is 3. The van der Waals surface area contributed by atoms with Crippen LogP contribution in [-0.4, -0.2) is 43.1 Å². The lowest BCUT2D eigenvalue weighted by Gasteiger charge is -2.18. The molecule has 0 saturated carbocycles. The predicted molar refractivity (Wildman–Crippen MR) is 127 cm³/mol. The number of halogens is 1. The number of benzene rings is 2. The minimum atomic E-state index is -1.27. The van der Waals surface area contributed by atoms with E-state index in [9.17, 15) is 14.7 Å². The third-order valence-corrected chi connectivity index (χ3v) is 5.05. The van der Waals surface area contributed by atoms with Crippen LogP contribution in [-0.2, 0) is 13.1 Å². The average Bonchev–Trinajstić information content (AvgIpc) is 2.76. The molecule has 2 aromatic carbocycles. The molecule has 3 N–H and O–H groups in total. The van der Waals surface area contributed by atoms with Crippen molar-refractivity contribution in [2.75, 3.05) is 11.9 Å². The lowest BCUT2D eigenvalue weighted by molar-refractivity contribution is 0.0785. The maximum absolute atomic E-state index is 13.2. The van der Waals surface area contributed by atoms with Crippen molar-refractivity contribution in [2.45, 2.75) is 46.1 Å². The highest BCUT2D eigenvalue weighted by Crippen LogP contribution is 2.24. The van der Waals surface area contributed by atoms with Gasteiger partial charge in [-0.2, -0.15) is 4.98 Å². The number of aliphatic hydroxyl groups excluding tert-OH is 2. The molecule has 0 saturated heterocycles. The predicted octanol–water partition coefficient (Wildman–Crippen LogP) is 2.30. The van der Waals surface area contributed by atoms with Crippen molar-refractivity contribution in [1.82, 2.24) is 14.1 Å². The normalized spacial score (nSPS) is 12.1. The largest absolute Gasteiger partial charge is 0.491 e. The highest BCUT2D eigenvalue weighted by molar-refractivity contribution is 6.30. The molecule has 1 aromatic heterocycles. The second-order valence-electron chi connectivity index (χ2n) is 7.93. The summed E-state index contributed by atoms with van der Waals surface area (Å²) in [5.74, 6) is 0.780. The minimum absolute atomic E-state index is 0.0237. The fourth-order valence-corrected chi connectivity index (χ4v) is 3.33. The Balaban J connectivity index is 2.04. The molecule has 0 aliphatic heterocycles. The standard InChI is InChI=1S/C23H27ClN4O5/c1-14(2)33-20-9-8-18(10-15(20)3)25-21-26-22(31)28(12-19(30)13-29)23(32)27(21)11-16-4-6-17(24)7-5-16/h4-10,14,19,29-30H,11-13H2,1-3H3,(H,25,26,31)/t19-/m0/s1. The van der Waals surface area contributed by atoms with Gasteiger partial charge in [-0.1, -0.05) is 23.7 Å². The van der Waals surface area contributed by atoms with E-state index in [1.807, 2.05) is 26.8 Å². The van der Waals surface area contributed by atoms with E-state index >= 15 is 0 Å². The molecule has 1 heterocycles. The van der Waals surface area contributed by atoms with Gasteiger partial charge in [0.05, 0.1) is 31.9 Å². The van der Waals surface area contributed by atoms with Crippen LogP contribution in [0, 0.1) is 6.92 Å². The lowest BCUT2D eigenvalue weighted by atomic mass is 10.2. The molecule has 3 rings (SSSR count). The number of nitrogens with one attached hydrogen (secondary N) is 1. The van der Waals surface area contributed by atoms with Gasteiger partial charge in [-0.3, -0.25) is 4.57 Å². The Bertz CT molecular complexity index is 1220. The summed E-state index contributed by atoms with van der Waals surface area (Å²) >= 11 is 5.96. The van der Waals surface area contributed by atoms with Gasteiger partial charge in [0.15, 0.2) is 0 Å². The van der Waals surface area contributed by atoms with Crippen LogP contribution in [0.25, 0.3) is 0 Å². The monoisotopic (exact) mass is 474 g/mol. The van der Waals surface area contributed by atoms with Gasteiger partial charge in [0.25, 0.3) is 0 Å². The smallest absolute Gasteiger partial charge is 0.355 e. The van der Waals surface area contributed by atoms with Gasteiger partial charge in [-0.05, 0) is 62.2 Å². The van der Waals surface area contributed by atoms with Crippen LogP contribution >= 0.6 is 11.6 Å². The van der Waals surface area contributed by atoms with Crippen LogP contribution in [0.2, 0.25) is 5.02 Å². The van der Waals surface area contributed by atoms with E-state index in [1.165, 1.54) is 4.57 Å². The average molecular weight is 475 g/mol. The highest BCUT2D eigenvalue weighted by Gasteiger charge is 2.17. The second-order valence-corrected chi connectivity index (χ2v) is 8.37. The van der Waals surface area contributed by atoms with Crippen molar-refractivity contribution in [3.05, 3.63) is 79.6 Å². The van der Waals surface area contributed by atoms with Crippen LogP contribution in [0.1, 0.15) is 25.0 Å². The van der Waals surface area contributed by atoms with Crippen molar-refractivity contribution in [2.24, 2.45) is 0 Å². The second kappa shape index (κ2) is 10.7. The van der Waals surface area contributed by atoms with E-state index in [4.69, 9.17) is 21.4 Å². The Morgan fingerprint density at radius 3 is 2.42 bits per heavy atom. The summed E-state index contributed by atoms with van der Waals surface area (Å²) in [5.41, 5.74) is 0.749. The molecular weight excluding hydrogens is 448 g/mol. The Morgan fingerprint density at radius 1 is 1.12 bits per heavy atom. The number of rotatable bonds is 9. The van der Waals surface area contributed by atoms with Crippen LogP contribution in [0.3, 0.4) is 0 Å². The topological polar surface area (TPSA) is 119 Å². The molecule has 10 heteroatoms. The fraction of sp³-hybridized carbons (Fsp3) is 0.348. The summed E-state index contributed by atoms with van der Waals surface area (Å²) in [7, 11) is 0. The van der Waals surface area contributed by atoms with Gasteiger partial charge in [0, 0.05) is 10.7 Å². The van der Waals surface area contributed by atoms with Crippen LogP contribution in [0.4, 0.5) is 11.6 Å². The first-order valence-electron chi connectivity index (χ1n) is 10.5. The molecule has 3 aromatic rings. The SMILES string of the molecule is Cc1cc(Nc2nc(=O)n(C[C@H](O)CO)c(=O)n2Cc2ccc(Cl)cc2)ccc1OC(C)C. The zero-order chi connectivity index (χ0) is 24.1. The third-order valence-electron chi connectivity index (χ3n) is 4.80. The number of hydrogen-bond acceptors (Lipinski definition) is 7. The number of nitrogens with zero attached hydrogens (tertiary/aromatic N) is 3. The van der Waals surface area contributed by atoms with E-state index in [-0.39, 0.29) is 25.1 Å². The fourth-order valence-electron chi connectivity index (χ4n) is 3.21. The number of aryl methyl sites for hydroxylation is 1. The van der Waals surface area contributed by atoms with E-state index in [0.29, 0.717) is 10.7 Å². The van der Waals surface area contributed by atoms with Crippen LogP contribution in [0.5, 0.6) is 5.75 Å². The van der Waals surface area contributed by atoms with Gasteiger partial charge < -0.3 is 20.3 Å². The summed E-state index contributed by atoms with van der Waals surface area (Å²) in [6, 6.07) is 12.3. The maximum atomic E-state index is 13.2. The molecule has 0 amide bonds. The van der Waals surface area contributed by atoms with E-state index < -0.39 is 24.1 Å². The number of anilines is 2. The molecular formula is C23H27ClN4O5. The Hall–Kier alpha value is -3.14. The van der Waals surface area contributed by atoms with E-state index in [2.05, 4.69) is 10.3 Å². The summed E-state index contributed by atoms with van der Waals surface area (Å²) < 4.78 is 7.85. The Kier molecular flexibility index (Phi) is 7.91. The molecule has 0 bridgehead atoms. The molecule has 0 aliphatic rings. The lowest BCUT2D eigenvalue weighted by Crippen LogP contribution is -2.45. The Morgan fingerprint density at radius 2 is 1.82 bits per heavy atom. The van der Waals surface area contributed by atoms with Gasteiger partial charge in [0.1, 0.15) is 5.75 Å². The molecule has 0 fully saturated rings. The molecule has 9 nitrogen and oxygen atoms in total. The number of ether oxygens (including phenoxy) is 1. The molecule has 0 aliphatic carbocycles. The van der Waals surface area contributed by atoms with Gasteiger partial charge in [-0.15, -0.1) is 0 Å². The van der Waals surface area contributed by atoms with E-state index in [1.54, 1.807) is 36.4 Å². The minimum Gasteiger partial charge on any atom is -0.491 e. The summed E-state index contributed by atoms with van der Waals surface area (Å²) in [4.78, 5) is 29.8. The third kappa shape index (κ3) is 6.22. The maximum Gasteiger partial charge on any atom is 0.355 e. The Labute approximate surface area is 195 Å². The van der Waals surface area contributed by atoms with Gasteiger partial charge in [0.2, 0.25) is 5.95 Å². The quantitative estimate of drug-likeness (QED) is 0.435. The molecule has 176 valence electrons. The van der Waals surface area contributed by atoms with Gasteiger partial charge >= 0.3 is 11.4 Å². The summed E-state index contributed by atoms with van der Waals surface area (Å²) in [5, 5.41) is 22.5. The van der Waals surface area contributed by atoms with E-state index in [0.717, 1.165) is 21.4 Å². The first-order chi connectivity index (χ1) is 15.7. The van der Waals surface area contributed by atoms with Crippen molar-refractivity contribution >= 4 is 23.2 Å². The van der Waals surface area contributed by atoms with Crippen LogP contribution < -0.4 is 21.4 Å². The molecule has 1 atom stereocenters. The first kappa shape index (κ1) is 24.5. The molecule has 33 heavy (non-hydrogen) atoms. The highest BCUT2D eigenvalue weighted by atomic mass is 35.5. The molecule has 0 radical (unpaired) electrons. The van der Waals surface area contributed by atoms with Gasteiger partial charge in [-0.25, -0.2) is 14.2 Å². The number of aliphatic hydroxyl groups is 2. The number of hydrogen-bond donors (Lipinski definition) is 3. The van der Waals surface area contributed by atoms with Crippen LogP contribution in [0.15, 0.2) is 52.1 Å².